The Hall–Kier alpha value is -1.00. The van der Waals surface area contributed by atoms with E-state index in [4.69, 9.17) is 0 Å². The number of nitrogens with zero attached hydrogens (tertiary/aromatic N) is 2. The number of fused-ring (bicyclic) bond motifs is 3. The molecule has 3 nitrogen and oxygen atoms in total. The molecule has 0 bridgehead atoms. The number of hydrogen-bond donors (Lipinski definition) is 1. The van der Waals surface area contributed by atoms with E-state index in [1.807, 2.05) is 0 Å². The largest absolute Gasteiger partial charge is 0.390 e. The summed E-state index contributed by atoms with van der Waals surface area (Å²) in [5.41, 5.74) is 3.42. The Morgan fingerprint density at radius 2 is 2.38 bits per heavy atom. The van der Waals surface area contributed by atoms with E-state index < -0.39 is 0 Å². The molecule has 0 saturated carbocycles. The minimum atomic E-state index is -0.260. The summed E-state index contributed by atoms with van der Waals surface area (Å²) >= 11 is 1.75. The minimum Gasteiger partial charge on any atom is -0.390 e. The first kappa shape index (κ1) is 10.2. The quantitative estimate of drug-likeness (QED) is 0.757. The molecule has 4 heteroatoms. The molecule has 1 aliphatic rings. The van der Waals surface area contributed by atoms with Gasteiger partial charge in [-0.2, -0.15) is 11.8 Å². The summed E-state index contributed by atoms with van der Waals surface area (Å²) < 4.78 is 2.16. The summed E-state index contributed by atoms with van der Waals surface area (Å²) in [7, 11) is 0. The van der Waals surface area contributed by atoms with Gasteiger partial charge < -0.3 is 9.67 Å². The molecule has 1 aromatic carbocycles. The highest BCUT2D eigenvalue weighted by Gasteiger charge is 2.18. The molecule has 3 rings (SSSR count). The van der Waals surface area contributed by atoms with Gasteiger partial charge in [-0.05, 0) is 24.6 Å². The summed E-state index contributed by atoms with van der Waals surface area (Å²) in [5.74, 6) is 2.78. The molecule has 1 aromatic heterocycles. The van der Waals surface area contributed by atoms with Crippen LogP contribution in [0, 0.1) is 6.92 Å². The fourth-order valence-corrected chi connectivity index (χ4v) is 3.04. The number of aliphatic hydroxyl groups excluding tert-OH is 1. The van der Waals surface area contributed by atoms with Crippen LogP contribution in [-0.2, 0) is 12.3 Å². The number of hydrogen-bond acceptors (Lipinski definition) is 3. The van der Waals surface area contributed by atoms with Gasteiger partial charge in [0, 0.05) is 5.75 Å². The number of rotatable bonds is 0. The van der Waals surface area contributed by atoms with Crippen LogP contribution >= 0.6 is 11.8 Å². The molecule has 2 heterocycles. The molecule has 0 saturated heterocycles. The number of imidazole rings is 1. The van der Waals surface area contributed by atoms with Crippen molar-refractivity contribution < 1.29 is 5.11 Å². The summed E-state index contributed by atoms with van der Waals surface area (Å²) in [5, 5.41) is 9.81. The zero-order chi connectivity index (χ0) is 11.1. The van der Waals surface area contributed by atoms with Gasteiger partial charge in [-0.3, -0.25) is 0 Å². The Morgan fingerprint density at radius 1 is 1.50 bits per heavy atom. The lowest BCUT2D eigenvalue weighted by Gasteiger charge is -2.08. The molecule has 1 unspecified atom stereocenters. The van der Waals surface area contributed by atoms with E-state index in [-0.39, 0.29) is 6.10 Å². The van der Waals surface area contributed by atoms with Gasteiger partial charge >= 0.3 is 0 Å². The van der Waals surface area contributed by atoms with Crippen LogP contribution in [0.4, 0.5) is 0 Å². The third-order valence-corrected chi connectivity index (χ3v) is 4.00. The average molecular weight is 234 g/mol. The van der Waals surface area contributed by atoms with Crippen LogP contribution in [0.5, 0.6) is 0 Å². The molecule has 2 aromatic rings. The predicted octanol–water partition coefficient (Wildman–Crippen LogP) is 1.95. The molecule has 84 valence electrons. The van der Waals surface area contributed by atoms with Crippen molar-refractivity contribution in [1.29, 1.82) is 0 Å². The van der Waals surface area contributed by atoms with Gasteiger partial charge in [0.05, 0.1) is 29.4 Å². The molecule has 0 spiro atoms. The fraction of sp³-hybridized carbons (Fsp3) is 0.417. The Morgan fingerprint density at radius 3 is 3.25 bits per heavy atom. The third kappa shape index (κ3) is 1.62. The SMILES string of the molecule is Cc1ccc2nc3n(c2c1)CC(O)CSC3. The molecular weight excluding hydrogens is 220 g/mol. The van der Waals surface area contributed by atoms with Crippen molar-refractivity contribution in [2.45, 2.75) is 25.3 Å². The van der Waals surface area contributed by atoms with Gasteiger partial charge in [-0.25, -0.2) is 4.98 Å². The maximum absolute atomic E-state index is 9.81. The van der Waals surface area contributed by atoms with Gasteiger partial charge in [0.1, 0.15) is 5.82 Å². The first-order valence-electron chi connectivity index (χ1n) is 5.45. The van der Waals surface area contributed by atoms with Crippen molar-refractivity contribution in [3.05, 3.63) is 29.6 Å². The molecular formula is C12H14N2OS. The van der Waals surface area contributed by atoms with Gasteiger partial charge in [0.25, 0.3) is 0 Å². The minimum absolute atomic E-state index is 0.260. The van der Waals surface area contributed by atoms with Gasteiger partial charge in [0.2, 0.25) is 0 Å². The van der Waals surface area contributed by atoms with Crippen LogP contribution < -0.4 is 0 Å². The summed E-state index contributed by atoms with van der Waals surface area (Å²) in [6.07, 6.45) is -0.260. The Bertz CT molecular complexity index is 535. The van der Waals surface area contributed by atoms with Gasteiger partial charge in [-0.1, -0.05) is 6.07 Å². The van der Waals surface area contributed by atoms with E-state index in [1.54, 1.807) is 11.8 Å². The average Bonchev–Trinajstić information content (AvgIpc) is 2.47. The van der Waals surface area contributed by atoms with Gasteiger partial charge in [-0.15, -0.1) is 0 Å². The standard InChI is InChI=1S/C12H14N2OS/c1-8-2-3-10-11(4-8)14-5-9(15)6-16-7-12(14)13-10/h2-4,9,15H,5-7H2,1H3. The highest BCUT2D eigenvalue weighted by molar-refractivity contribution is 7.98. The van der Waals surface area contributed by atoms with Crippen LogP contribution in [0.15, 0.2) is 18.2 Å². The highest BCUT2D eigenvalue weighted by atomic mass is 32.2. The first-order valence-corrected chi connectivity index (χ1v) is 6.61. The zero-order valence-corrected chi connectivity index (χ0v) is 10.00. The van der Waals surface area contributed by atoms with Crippen molar-refractivity contribution >= 4 is 22.8 Å². The third-order valence-electron chi connectivity index (χ3n) is 2.92. The number of benzene rings is 1. The highest BCUT2D eigenvalue weighted by Crippen LogP contribution is 2.24. The fourth-order valence-electron chi connectivity index (χ4n) is 2.15. The van der Waals surface area contributed by atoms with Crippen LogP contribution in [0.3, 0.4) is 0 Å². The topological polar surface area (TPSA) is 38.0 Å². The number of aromatic nitrogens is 2. The molecule has 0 fully saturated rings. The second-order valence-electron chi connectivity index (χ2n) is 4.30. The van der Waals surface area contributed by atoms with Crippen molar-refractivity contribution in [3.8, 4) is 0 Å². The Kier molecular flexibility index (Phi) is 2.41. The van der Waals surface area contributed by atoms with E-state index in [1.165, 1.54) is 5.56 Å². The molecule has 1 N–H and O–H groups in total. The summed E-state index contributed by atoms with van der Waals surface area (Å²) in [6, 6.07) is 6.29. The van der Waals surface area contributed by atoms with Crippen LogP contribution in [0.25, 0.3) is 11.0 Å². The van der Waals surface area contributed by atoms with E-state index in [9.17, 15) is 5.11 Å². The predicted molar refractivity (Wildman–Crippen MR) is 66.6 cm³/mol. The maximum atomic E-state index is 9.81. The normalized spacial score (nSPS) is 20.8. The molecule has 16 heavy (non-hydrogen) atoms. The maximum Gasteiger partial charge on any atom is 0.119 e. The van der Waals surface area contributed by atoms with Crippen molar-refractivity contribution in [3.63, 3.8) is 0 Å². The Labute approximate surface area is 98.5 Å². The lowest BCUT2D eigenvalue weighted by Crippen LogP contribution is -2.16. The monoisotopic (exact) mass is 234 g/mol. The van der Waals surface area contributed by atoms with Crippen LogP contribution in [0.2, 0.25) is 0 Å². The number of aliphatic hydroxyl groups is 1. The number of aryl methyl sites for hydroxylation is 1. The van der Waals surface area contributed by atoms with Crippen molar-refractivity contribution in [1.82, 2.24) is 9.55 Å². The first-order chi connectivity index (χ1) is 7.74. The second-order valence-corrected chi connectivity index (χ2v) is 5.33. The van der Waals surface area contributed by atoms with E-state index in [0.717, 1.165) is 28.4 Å². The Balaban J connectivity index is 2.21. The molecule has 0 aliphatic carbocycles. The summed E-state index contributed by atoms with van der Waals surface area (Å²) in [4.78, 5) is 4.62. The second kappa shape index (κ2) is 3.79. The lowest BCUT2D eigenvalue weighted by molar-refractivity contribution is 0.180. The van der Waals surface area contributed by atoms with Gasteiger partial charge in [0.15, 0.2) is 0 Å². The van der Waals surface area contributed by atoms with E-state index >= 15 is 0 Å². The van der Waals surface area contributed by atoms with Crippen LogP contribution in [0.1, 0.15) is 11.4 Å². The van der Waals surface area contributed by atoms with Crippen LogP contribution in [-0.4, -0.2) is 26.5 Å². The lowest BCUT2D eigenvalue weighted by atomic mass is 10.2. The molecule has 0 amide bonds. The smallest absolute Gasteiger partial charge is 0.119 e. The van der Waals surface area contributed by atoms with E-state index in [2.05, 4.69) is 34.7 Å². The van der Waals surface area contributed by atoms with E-state index in [0.29, 0.717) is 6.54 Å². The summed E-state index contributed by atoms with van der Waals surface area (Å²) in [6.45, 7) is 2.75. The molecule has 0 radical (unpaired) electrons. The molecule has 1 aliphatic heterocycles. The zero-order valence-electron chi connectivity index (χ0n) is 9.18. The number of thioether (sulfide) groups is 1. The van der Waals surface area contributed by atoms with Crippen molar-refractivity contribution in [2.75, 3.05) is 5.75 Å². The van der Waals surface area contributed by atoms with Crippen molar-refractivity contribution in [2.24, 2.45) is 0 Å². The molecule has 1 atom stereocenters.